The summed E-state index contributed by atoms with van der Waals surface area (Å²) in [6.07, 6.45) is 0. The summed E-state index contributed by atoms with van der Waals surface area (Å²) < 4.78 is 13.7. The fourth-order valence-electron chi connectivity index (χ4n) is 1.53. The number of nitrogens with zero attached hydrogens (tertiary/aromatic N) is 2. The smallest absolute Gasteiger partial charge is 0.138 e. The normalized spacial score (nSPS) is 10.6. The van der Waals surface area contributed by atoms with Gasteiger partial charge in [0.05, 0.1) is 11.4 Å². The summed E-state index contributed by atoms with van der Waals surface area (Å²) in [6.45, 7) is 1.83. The first-order valence-electron chi connectivity index (χ1n) is 5.01. The van der Waals surface area contributed by atoms with E-state index in [2.05, 4.69) is 22.6 Å². The highest BCUT2D eigenvalue weighted by atomic mass is 35.5. The molecule has 88 valence electrons. The quantitative estimate of drug-likeness (QED) is 0.841. The zero-order valence-corrected chi connectivity index (χ0v) is 10.8. The van der Waals surface area contributed by atoms with Crippen molar-refractivity contribution >= 4 is 24.2 Å². The first kappa shape index (κ1) is 12.3. The third-order valence-electron chi connectivity index (χ3n) is 2.25. The maximum Gasteiger partial charge on any atom is 0.138 e. The average Bonchev–Trinajstić information content (AvgIpc) is 2.31. The lowest BCUT2D eigenvalue weighted by molar-refractivity contribution is 0.630. The Morgan fingerprint density at radius 1 is 1.29 bits per heavy atom. The average molecular weight is 269 g/mol. The van der Waals surface area contributed by atoms with Gasteiger partial charge in [0.15, 0.2) is 0 Å². The van der Waals surface area contributed by atoms with Crippen molar-refractivity contribution in [3.63, 3.8) is 0 Å². The lowest BCUT2D eigenvalue weighted by Crippen LogP contribution is -1.97. The van der Waals surface area contributed by atoms with Gasteiger partial charge in [-0.25, -0.2) is 14.4 Å². The van der Waals surface area contributed by atoms with Crippen molar-refractivity contribution in [3.05, 3.63) is 46.6 Å². The van der Waals surface area contributed by atoms with Crippen LogP contribution in [0.3, 0.4) is 0 Å². The number of halogens is 2. The molecule has 0 amide bonds. The molecule has 0 unspecified atom stereocenters. The Morgan fingerprint density at radius 3 is 2.76 bits per heavy atom. The Morgan fingerprint density at radius 2 is 2.06 bits per heavy atom. The van der Waals surface area contributed by atoms with Gasteiger partial charge in [-0.05, 0) is 31.2 Å². The molecule has 0 aliphatic heterocycles. The molecule has 0 N–H and O–H groups in total. The summed E-state index contributed by atoms with van der Waals surface area (Å²) in [5, 5.41) is 0.477. The summed E-state index contributed by atoms with van der Waals surface area (Å²) in [6, 6.07) is 6.12. The van der Waals surface area contributed by atoms with Gasteiger partial charge in [0, 0.05) is 16.3 Å². The Bertz CT molecular complexity index is 560. The SMILES string of the molecule is Cc1cc(-c2cc(Cl)ccc2F)nc(CS)n1. The van der Waals surface area contributed by atoms with Crippen molar-refractivity contribution in [1.29, 1.82) is 0 Å². The molecule has 1 aromatic heterocycles. The predicted molar refractivity (Wildman–Crippen MR) is 69.9 cm³/mol. The maximum absolute atomic E-state index is 13.7. The summed E-state index contributed by atoms with van der Waals surface area (Å²) in [5.41, 5.74) is 1.69. The minimum absolute atomic E-state index is 0.349. The molecule has 2 aromatic rings. The molecule has 2 nitrogen and oxygen atoms in total. The molecule has 0 bridgehead atoms. The van der Waals surface area contributed by atoms with Crippen molar-refractivity contribution in [2.45, 2.75) is 12.7 Å². The van der Waals surface area contributed by atoms with Crippen LogP contribution >= 0.6 is 24.2 Å². The Kier molecular flexibility index (Phi) is 3.64. The third-order valence-corrected chi connectivity index (χ3v) is 2.76. The molecule has 0 saturated heterocycles. The molecule has 0 aliphatic carbocycles. The molecule has 0 radical (unpaired) electrons. The second-order valence-corrected chi connectivity index (χ2v) is 4.35. The van der Waals surface area contributed by atoms with E-state index in [9.17, 15) is 4.39 Å². The van der Waals surface area contributed by atoms with Crippen molar-refractivity contribution in [3.8, 4) is 11.3 Å². The van der Waals surface area contributed by atoms with Crippen LogP contribution in [0.25, 0.3) is 11.3 Å². The van der Waals surface area contributed by atoms with E-state index >= 15 is 0 Å². The molecule has 0 spiro atoms. The molecule has 1 heterocycles. The second-order valence-electron chi connectivity index (χ2n) is 3.59. The molecule has 5 heteroatoms. The topological polar surface area (TPSA) is 25.8 Å². The highest BCUT2D eigenvalue weighted by Gasteiger charge is 2.09. The summed E-state index contributed by atoms with van der Waals surface area (Å²) in [4.78, 5) is 8.43. The number of hydrogen-bond donors (Lipinski definition) is 1. The number of aromatic nitrogens is 2. The molecular formula is C12H10ClFN2S. The van der Waals surface area contributed by atoms with Crippen molar-refractivity contribution in [2.75, 3.05) is 0 Å². The Hall–Kier alpha value is -1.13. The first-order valence-corrected chi connectivity index (χ1v) is 6.02. The van der Waals surface area contributed by atoms with Gasteiger partial charge in [-0.15, -0.1) is 0 Å². The van der Waals surface area contributed by atoms with E-state index in [1.54, 1.807) is 12.1 Å². The Balaban J connectivity index is 2.59. The monoisotopic (exact) mass is 268 g/mol. The largest absolute Gasteiger partial charge is 0.237 e. The number of aryl methyl sites for hydroxylation is 1. The van der Waals surface area contributed by atoms with E-state index in [1.165, 1.54) is 12.1 Å². The number of benzene rings is 1. The predicted octanol–water partition coefficient (Wildman–Crippen LogP) is 3.67. The van der Waals surface area contributed by atoms with E-state index < -0.39 is 0 Å². The lowest BCUT2D eigenvalue weighted by atomic mass is 10.1. The van der Waals surface area contributed by atoms with Crippen LogP contribution < -0.4 is 0 Å². The lowest BCUT2D eigenvalue weighted by Gasteiger charge is -2.06. The minimum Gasteiger partial charge on any atom is -0.237 e. The van der Waals surface area contributed by atoms with E-state index in [0.29, 0.717) is 27.9 Å². The molecule has 0 atom stereocenters. The van der Waals surface area contributed by atoms with Crippen LogP contribution in [0.4, 0.5) is 4.39 Å². The zero-order chi connectivity index (χ0) is 12.4. The fourth-order valence-corrected chi connectivity index (χ4v) is 1.85. The maximum atomic E-state index is 13.7. The third kappa shape index (κ3) is 2.76. The molecule has 0 aliphatic rings. The van der Waals surface area contributed by atoms with Crippen LogP contribution in [0.15, 0.2) is 24.3 Å². The van der Waals surface area contributed by atoms with Crippen LogP contribution in [0.1, 0.15) is 11.5 Å². The second kappa shape index (κ2) is 5.02. The fraction of sp³-hybridized carbons (Fsp3) is 0.167. The van der Waals surface area contributed by atoms with Gasteiger partial charge in [-0.2, -0.15) is 12.6 Å². The van der Waals surface area contributed by atoms with E-state index in [0.717, 1.165) is 5.69 Å². The highest BCUT2D eigenvalue weighted by molar-refractivity contribution is 7.79. The highest BCUT2D eigenvalue weighted by Crippen LogP contribution is 2.25. The number of thiol groups is 1. The molecule has 2 rings (SSSR count). The van der Waals surface area contributed by atoms with Crippen LogP contribution in [0.2, 0.25) is 5.02 Å². The molecular weight excluding hydrogens is 259 g/mol. The molecule has 0 fully saturated rings. The van der Waals surface area contributed by atoms with E-state index in [4.69, 9.17) is 11.6 Å². The summed E-state index contributed by atoms with van der Waals surface area (Å²) in [7, 11) is 0. The molecule has 1 aromatic carbocycles. The van der Waals surface area contributed by atoms with E-state index in [1.807, 2.05) is 6.92 Å². The first-order chi connectivity index (χ1) is 8.10. The zero-order valence-electron chi connectivity index (χ0n) is 9.11. The van der Waals surface area contributed by atoms with Crippen LogP contribution in [0.5, 0.6) is 0 Å². The van der Waals surface area contributed by atoms with Crippen LogP contribution in [-0.4, -0.2) is 9.97 Å². The minimum atomic E-state index is -0.349. The van der Waals surface area contributed by atoms with Gasteiger partial charge in [0.2, 0.25) is 0 Å². The molecule has 0 saturated carbocycles. The van der Waals surface area contributed by atoms with Crippen molar-refractivity contribution < 1.29 is 4.39 Å². The van der Waals surface area contributed by atoms with Gasteiger partial charge in [0.1, 0.15) is 11.6 Å². The van der Waals surface area contributed by atoms with Gasteiger partial charge in [-0.1, -0.05) is 11.6 Å². The number of hydrogen-bond acceptors (Lipinski definition) is 3. The van der Waals surface area contributed by atoms with Gasteiger partial charge < -0.3 is 0 Å². The standard InChI is InChI=1S/C12H10ClFN2S/c1-7-4-11(16-12(6-17)15-7)9-5-8(13)2-3-10(9)14/h2-5,17H,6H2,1H3. The summed E-state index contributed by atoms with van der Waals surface area (Å²) in [5.74, 6) is 0.636. The Labute approximate surface area is 109 Å². The van der Waals surface area contributed by atoms with Crippen LogP contribution in [-0.2, 0) is 5.75 Å². The summed E-state index contributed by atoms with van der Waals surface area (Å²) >= 11 is 9.97. The van der Waals surface area contributed by atoms with Gasteiger partial charge >= 0.3 is 0 Å². The van der Waals surface area contributed by atoms with Crippen molar-refractivity contribution in [1.82, 2.24) is 9.97 Å². The van der Waals surface area contributed by atoms with Crippen LogP contribution in [0, 0.1) is 12.7 Å². The van der Waals surface area contributed by atoms with Gasteiger partial charge in [-0.3, -0.25) is 0 Å². The van der Waals surface area contributed by atoms with Gasteiger partial charge in [0.25, 0.3) is 0 Å². The van der Waals surface area contributed by atoms with E-state index in [-0.39, 0.29) is 5.82 Å². The number of rotatable bonds is 2. The van der Waals surface area contributed by atoms with Crippen molar-refractivity contribution in [2.24, 2.45) is 0 Å². The molecule has 17 heavy (non-hydrogen) atoms.